The summed E-state index contributed by atoms with van der Waals surface area (Å²) in [5.74, 6) is 0.114. The number of allylic oxidation sites excluding steroid dienone is 2. The Bertz CT molecular complexity index is 1190. The first kappa shape index (κ1) is 16.5. The first-order chi connectivity index (χ1) is 13.8. The van der Waals surface area contributed by atoms with Crippen LogP contribution in [0.25, 0.3) is 33.3 Å². The summed E-state index contributed by atoms with van der Waals surface area (Å²) in [5, 5.41) is 20.6. The van der Waals surface area contributed by atoms with E-state index in [9.17, 15) is 0 Å². The Morgan fingerprint density at radius 3 is 2.68 bits per heavy atom. The van der Waals surface area contributed by atoms with Crippen LogP contribution in [0.2, 0.25) is 0 Å². The largest absolute Gasteiger partial charge is 0.285 e. The van der Waals surface area contributed by atoms with Gasteiger partial charge in [-0.2, -0.15) is 15.5 Å². The lowest BCUT2D eigenvalue weighted by Gasteiger charge is -2.17. The van der Waals surface area contributed by atoms with Crippen molar-refractivity contribution in [2.24, 2.45) is 5.92 Å². The van der Waals surface area contributed by atoms with Gasteiger partial charge in [-0.05, 0) is 36.0 Å². The summed E-state index contributed by atoms with van der Waals surface area (Å²) in [4.78, 5) is 4.67. The molecule has 0 saturated heterocycles. The summed E-state index contributed by atoms with van der Waals surface area (Å²) in [6.07, 6.45) is 14.0. The molecular formula is C22H18N6. The number of rotatable bonds is 3. The predicted molar refractivity (Wildman–Crippen MR) is 107 cm³/mol. The highest BCUT2D eigenvalue weighted by atomic mass is 15.2. The van der Waals surface area contributed by atoms with Crippen LogP contribution in [0.3, 0.4) is 0 Å². The number of aromatic amines is 1. The highest BCUT2D eigenvalue weighted by Crippen LogP contribution is 2.35. The summed E-state index contributed by atoms with van der Waals surface area (Å²) in [7, 11) is 0. The Morgan fingerprint density at radius 1 is 1.11 bits per heavy atom. The summed E-state index contributed by atoms with van der Waals surface area (Å²) in [5.41, 5.74) is 7.52. The van der Waals surface area contributed by atoms with Gasteiger partial charge in [-0.25, -0.2) is 4.52 Å². The lowest BCUT2D eigenvalue weighted by Crippen LogP contribution is -2.05. The fraction of sp³-hybridized carbons (Fsp3) is 0.182. The van der Waals surface area contributed by atoms with E-state index in [1.807, 2.05) is 29.3 Å². The van der Waals surface area contributed by atoms with E-state index in [2.05, 4.69) is 56.7 Å². The number of nitriles is 1. The van der Waals surface area contributed by atoms with Gasteiger partial charge in [-0.1, -0.05) is 30.3 Å². The minimum absolute atomic E-state index is 0.114. The number of hydrogen-bond acceptors (Lipinski definition) is 4. The topological polar surface area (TPSA) is 82.7 Å². The molecule has 0 spiro atoms. The molecule has 28 heavy (non-hydrogen) atoms. The van der Waals surface area contributed by atoms with Crippen LogP contribution in [0.4, 0.5) is 0 Å². The van der Waals surface area contributed by atoms with E-state index in [1.165, 1.54) is 5.57 Å². The van der Waals surface area contributed by atoms with Crippen molar-refractivity contribution < 1.29 is 0 Å². The van der Waals surface area contributed by atoms with Crippen molar-refractivity contribution in [3.8, 4) is 28.3 Å². The van der Waals surface area contributed by atoms with E-state index in [-0.39, 0.29) is 5.92 Å². The zero-order valence-corrected chi connectivity index (χ0v) is 15.2. The molecule has 3 heterocycles. The Labute approximate surface area is 162 Å². The highest BCUT2D eigenvalue weighted by molar-refractivity contribution is 5.89. The Balaban J connectivity index is 1.58. The van der Waals surface area contributed by atoms with Gasteiger partial charge in [0.2, 0.25) is 0 Å². The normalized spacial score (nSPS) is 16.7. The lowest BCUT2D eigenvalue weighted by molar-refractivity contribution is 0.603. The minimum atomic E-state index is 0.114. The van der Waals surface area contributed by atoms with E-state index in [0.29, 0.717) is 0 Å². The maximum atomic E-state index is 9.16. The summed E-state index contributed by atoms with van der Waals surface area (Å²) in [6.45, 7) is 0. The van der Waals surface area contributed by atoms with Crippen molar-refractivity contribution in [3.05, 3.63) is 67.0 Å². The molecule has 1 atom stereocenters. The lowest BCUT2D eigenvalue weighted by atomic mass is 9.88. The van der Waals surface area contributed by atoms with Gasteiger partial charge in [0.15, 0.2) is 0 Å². The van der Waals surface area contributed by atoms with Gasteiger partial charge in [0.1, 0.15) is 0 Å². The van der Waals surface area contributed by atoms with E-state index < -0.39 is 0 Å². The molecule has 1 unspecified atom stereocenters. The molecule has 0 fully saturated rings. The van der Waals surface area contributed by atoms with E-state index >= 15 is 0 Å². The zero-order chi connectivity index (χ0) is 18.9. The van der Waals surface area contributed by atoms with Crippen LogP contribution >= 0.6 is 0 Å². The molecule has 0 bridgehead atoms. The Morgan fingerprint density at radius 2 is 1.96 bits per heavy atom. The van der Waals surface area contributed by atoms with Crippen LogP contribution in [-0.2, 0) is 0 Å². The number of nitrogens with zero attached hydrogens (tertiary/aromatic N) is 5. The summed E-state index contributed by atoms with van der Waals surface area (Å²) >= 11 is 0. The van der Waals surface area contributed by atoms with Crippen molar-refractivity contribution in [1.29, 1.82) is 5.26 Å². The number of nitrogens with one attached hydrogen (secondary N) is 1. The predicted octanol–water partition coefficient (Wildman–Crippen LogP) is 4.49. The third-order valence-electron chi connectivity index (χ3n) is 5.36. The van der Waals surface area contributed by atoms with Crippen LogP contribution in [0.1, 0.15) is 25.0 Å². The van der Waals surface area contributed by atoms with Crippen LogP contribution in [-0.4, -0.2) is 24.8 Å². The molecule has 5 rings (SSSR count). The molecule has 1 aliphatic rings. The van der Waals surface area contributed by atoms with Crippen molar-refractivity contribution in [1.82, 2.24) is 24.8 Å². The van der Waals surface area contributed by atoms with E-state index in [4.69, 9.17) is 5.26 Å². The molecule has 0 amide bonds. The average Bonchev–Trinajstić information content (AvgIpc) is 3.44. The molecular weight excluding hydrogens is 348 g/mol. The van der Waals surface area contributed by atoms with E-state index in [0.717, 1.165) is 52.7 Å². The first-order valence-electron chi connectivity index (χ1n) is 9.34. The third kappa shape index (κ3) is 2.78. The Hall–Kier alpha value is -3.72. The number of H-pyrrole nitrogens is 1. The quantitative estimate of drug-likeness (QED) is 0.579. The first-order valence-corrected chi connectivity index (χ1v) is 9.34. The van der Waals surface area contributed by atoms with Gasteiger partial charge in [-0.15, -0.1) is 0 Å². The van der Waals surface area contributed by atoms with Crippen LogP contribution in [0, 0.1) is 17.2 Å². The SMILES string of the molecule is N#CC1CC=C(c2nccn3ncc(-c4ccc(-c5cn[nH]c5)cc4)c23)CC1. The van der Waals surface area contributed by atoms with Crippen molar-refractivity contribution >= 4 is 11.1 Å². The fourth-order valence-corrected chi connectivity index (χ4v) is 3.81. The molecule has 0 aliphatic heterocycles. The van der Waals surface area contributed by atoms with Gasteiger partial charge in [0, 0.05) is 29.7 Å². The number of hydrogen-bond donors (Lipinski definition) is 1. The van der Waals surface area contributed by atoms with Gasteiger partial charge in [0.05, 0.1) is 35.6 Å². The minimum Gasteiger partial charge on any atom is -0.285 e. The molecule has 4 aromatic rings. The van der Waals surface area contributed by atoms with E-state index in [1.54, 1.807) is 6.20 Å². The zero-order valence-electron chi connectivity index (χ0n) is 15.2. The fourth-order valence-electron chi connectivity index (χ4n) is 3.81. The number of fused-ring (bicyclic) bond motifs is 1. The molecule has 136 valence electrons. The maximum absolute atomic E-state index is 9.16. The molecule has 1 N–H and O–H groups in total. The third-order valence-corrected chi connectivity index (χ3v) is 5.36. The molecule has 6 nitrogen and oxygen atoms in total. The average molecular weight is 366 g/mol. The van der Waals surface area contributed by atoms with Crippen LogP contribution in [0.5, 0.6) is 0 Å². The highest BCUT2D eigenvalue weighted by Gasteiger charge is 2.20. The van der Waals surface area contributed by atoms with Gasteiger partial charge in [-0.3, -0.25) is 10.1 Å². The monoisotopic (exact) mass is 366 g/mol. The Kier molecular flexibility index (Phi) is 3.99. The summed E-state index contributed by atoms with van der Waals surface area (Å²) in [6, 6.07) is 10.8. The van der Waals surface area contributed by atoms with Crippen molar-refractivity contribution in [3.63, 3.8) is 0 Å². The molecule has 1 aromatic carbocycles. The van der Waals surface area contributed by atoms with Crippen molar-refractivity contribution in [2.45, 2.75) is 19.3 Å². The standard InChI is InChI=1S/C22H18N6/c23-11-15-1-3-18(4-2-15)21-22-20(14-27-28(22)10-9-24-21)17-7-5-16(6-8-17)19-12-25-26-13-19/h3,5-10,12-15H,1-2,4H2,(H,25,26). The second kappa shape index (κ2) is 6.78. The van der Waals surface area contributed by atoms with Crippen LogP contribution in [0.15, 0.2) is 61.3 Å². The number of aromatic nitrogens is 5. The van der Waals surface area contributed by atoms with Crippen LogP contribution < -0.4 is 0 Å². The summed E-state index contributed by atoms with van der Waals surface area (Å²) < 4.78 is 1.89. The van der Waals surface area contributed by atoms with Gasteiger partial charge < -0.3 is 0 Å². The van der Waals surface area contributed by atoms with Gasteiger partial charge >= 0.3 is 0 Å². The molecule has 0 saturated carbocycles. The molecule has 3 aromatic heterocycles. The van der Waals surface area contributed by atoms with Crippen molar-refractivity contribution in [2.75, 3.05) is 0 Å². The molecule has 6 heteroatoms. The second-order valence-electron chi connectivity index (χ2n) is 7.02. The smallest absolute Gasteiger partial charge is 0.0999 e. The number of benzene rings is 1. The second-order valence-corrected chi connectivity index (χ2v) is 7.02. The molecule has 1 aliphatic carbocycles. The van der Waals surface area contributed by atoms with Gasteiger partial charge in [0.25, 0.3) is 0 Å². The molecule has 0 radical (unpaired) electrons. The maximum Gasteiger partial charge on any atom is 0.0999 e.